The molecule has 0 spiro atoms. The summed E-state index contributed by atoms with van der Waals surface area (Å²) in [6.45, 7) is 4.75. The quantitative estimate of drug-likeness (QED) is 0.830. The van der Waals surface area contributed by atoms with Crippen LogP contribution in [0.3, 0.4) is 0 Å². The van der Waals surface area contributed by atoms with Crippen LogP contribution < -0.4 is 5.32 Å². The van der Waals surface area contributed by atoms with E-state index in [1.807, 2.05) is 19.1 Å². The monoisotopic (exact) mass is 262 g/mol. The number of piperazine rings is 1. The highest BCUT2D eigenvalue weighted by Gasteiger charge is 2.35. The molecule has 102 valence electrons. The normalized spacial score (nSPS) is 23.2. The molecular formula is C14H18N2O3. The van der Waals surface area contributed by atoms with E-state index >= 15 is 0 Å². The van der Waals surface area contributed by atoms with E-state index in [1.165, 1.54) is 0 Å². The maximum absolute atomic E-state index is 12.4. The molecule has 5 heteroatoms. The van der Waals surface area contributed by atoms with E-state index < -0.39 is 12.0 Å². The topological polar surface area (TPSA) is 69.6 Å². The summed E-state index contributed by atoms with van der Waals surface area (Å²) < 4.78 is 0. The van der Waals surface area contributed by atoms with Crippen LogP contribution in [0.25, 0.3) is 0 Å². The van der Waals surface area contributed by atoms with Crippen molar-refractivity contribution in [3.05, 3.63) is 35.4 Å². The number of aliphatic carboxylic acids is 1. The van der Waals surface area contributed by atoms with Gasteiger partial charge in [0.1, 0.15) is 6.04 Å². The van der Waals surface area contributed by atoms with E-state index in [2.05, 4.69) is 5.32 Å². The predicted molar refractivity (Wildman–Crippen MR) is 71.1 cm³/mol. The van der Waals surface area contributed by atoms with Crippen molar-refractivity contribution in [3.63, 3.8) is 0 Å². The molecule has 0 saturated carbocycles. The van der Waals surface area contributed by atoms with Crippen molar-refractivity contribution in [1.29, 1.82) is 0 Å². The van der Waals surface area contributed by atoms with Gasteiger partial charge in [0, 0.05) is 18.7 Å². The van der Waals surface area contributed by atoms with Crippen LogP contribution in [-0.4, -0.2) is 47.1 Å². The molecule has 2 rings (SSSR count). The van der Waals surface area contributed by atoms with Crippen molar-refractivity contribution < 1.29 is 14.7 Å². The van der Waals surface area contributed by atoms with Crippen LogP contribution in [0, 0.1) is 6.92 Å². The molecule has 5 nitrogen and oxygen atoms in total. The van der Waals surface area contributed by atoms with Crippen molar-refractivity contribution in [2.45, 2.75) is 25.9 Å². The van der Waals surface area contributed by atoms with Gasteiger partial charge in [-0.25, -0.2) is 0 Å². The molecule has 0 aliphatic carbocycles. The largest absolute Gasteiger partial charge is 0.480 e. The zero-order chi connectivity index (χ0) is 14.0. The smallest absolute Gasteiger partial charge is 0.322 e. The van der Waals surface area contributed by atoms with Crippen molar-refractivity contribution in [2.75, 3.05) is 13.1 Å². The SMILES string of the molecule is Cc1ccc(C(=O)N2CCNC(C(=O)O)C2C)cc1. The lowest BCUT2D eigenvalue weighted by Gasteiger charge is -2.38. The molecule has 1 saturated heterocycles. The van der Waals surface area contributed by atoms with Gasteiger partial charge in [0.25, 0.3) is 5.91 Å². The summed E-state index contributed by atoms with van der Waals surface area (Å²) in [5, 5.41) is 12.0. The first-order valence-corrected chi connectivity index (χ1v) is 6.34. The lowest BCUT2D eigenvalue weighted by atomic mass is 10.0. The molecule has 1 aromatic rings. The molecule has 19 heavy (non-hydrogen) atoms. The van der Waals surface area contributed by atoms with Gasteiger partial charge < -0.3 is 15.3 Å². The van der Waals surface area contributed by atoms with Crippen LogP contribution in [0.4, 0.5) is 0 Å². The molecule has 1 amide bonds. The standard InChI is InChI=1S/C14H18N2O3/c1-9-3-5-11(6-4-9)13(17)16-8-7-15-12(10(16)2)14(18)19/h3-6,10,12,15H,7-8H2,1-2H3,(H,18,19). The van der Waals surface area contributed by atoms with Gasteiger partial charge in [-0.2, -0.15) is 0 Å². The highest BCUT2D eigenvalue weighted by Crippen LogP contribution is 2.14. The minimum absolute atomic E-state index is 0.111. The van der Waals surface area contributed by atoms with Gasteiger partial charge in [0.05, 0.1) is 6.04 Å². The summed E-state index contributed by atoms with van der Waals surface area (Å²) in [7, 11) is 0. The summed E-state index contributed by atoms with van der Waals surface area (Å²) in [6, 6.07) is 6.26. The number of carboxylic acid groups (broad SMARTS) is 1. The molecule has 1 fully saturated rings. The van der Waals surface area contributed by atoms with E-state index in [1.54, 1.807) is 24.0 Å². The Balaban J connectivity index is 2.18. The van der Waals surface area contributed by atoms with Crippen LogP contribution >= 0.6 is 0 Å². The van der Waals surface area contributed by atoms with Gasteiger partial charge >= 0.3 is 5.97 Å². The zero-order valence-electron chi connectivity index (χ0n) is 11.1. The number of benzene rings is 1. The Labute approximate surface area is 112 Å². The fourth-order valence-corrected chi connectivity index (χ4v) is 2.34. The second kappa shape index (κ2) is 5.40. The minimum Gasteiger partial charge on any atom is -0.480 e. The third-order valence-corrected chi connectivity index (χ3v) is 3.52. The van der Waals surface area contributed by atoms with E-state index in [-0.39, 0.29) is 11.9 Å². The number of nitrogens with one attached hydrogen (secondary N) is 1. The Bertz CT molecular complexity index is 484. The maximum atomic E-state index is 12.4. The highest BCUT2D eigenvalue weighted by atomic mass is 16.4. The van der Waals surface area contributed by atoms with Crippen LogP contribution in [0.15, 0.2) is 24.3 Å². The number of carboxylic acids is 1. The van der Waals surface area contributed by atoms with Gasteiger partial charge in [-0.1, -0.05) is 17.7 Å². The van der Waals surface area contributed by atoms with Crippen LogP contribution in [0.2, 0.25) is 0 Å². The lowest BCUT2D eigenvalue weighted by molar-refractivity contribution is -0.141. The molecule has 0 radical (unpaired) electrons. The number of aryl methyl sites for hydroxylation is 1. The second-order valence-electron chi connectivity index (χ2n) is 4.88. The summed E-state index contributed by atoms with van der Waals surface area (Å²) in [5.41, 5.74) is 1.69. The molecule has 2 atom stereocenters. The summed E-state index contributed by atoms with van der Waals surface area (Å²) >= 11 is 0. The molecule has 1 aliphatic heterocycles. The fourth-order valence-electron chi connectivity index (χ4n) is 2.34. The number of hydrogen-bond acceptors (Lipinski definition) is 3. The molecule has 1 aromatic carbocycles. The maximum Gasteiger partial charge on any atom is 0.322 e. The number of hydrogen-bond donors (Lipinski definition) is 2. The van der Waals surface area contributed by atoms with Crippen molar-refractivity contribution in [2.24, 2.45) is 0 Å². The summed E-state index contributed by atoms with van der Waals surface area (Å²) in [5.74, 6) is -1.03. The predicted octanol–water partition coefficient (Wildman–Crippen LogP) is 0.882. The van der Waals surface area contributed by atoms with E-state index in [9.17, 15) is 9.59 Å². The van der Waals surface area contributed by atoms with Crippen molar-refractivity contribution >= 4 is 11.9 Å². The molecular weight excluding hydrogens is 244 g/mol. The number of carbonyl (C=O) groups excluding carboxylic acids is 1. The second-order valence-corrected chi connectivity index (χ2v) is 4.88. The number of carbonyl (C=O) groups is 2. The van der Waals surface area contributed by atoms with E-state index in [4.69, 9.17) is 5.11 Å². The average Bonchev–Trinajstić information content (AvgIpc) is 2.38. The number of amides is 1. The third kappa shape index (κ3) is 2.76. The van der Waals surface area contributed by atoms with Gasteiger partial charge in [0.2, 0.25) is 0 Å². The molecule has 2 N–H and O–H groups in total. The number of rotatable bonds is 2. The number of nitrogens with zero attached hydrogens (tertiary/aromatic N) is 1. The first-order chi connectivity index (χ1) is 9.00. The summed E-state index contributed by atoms with van der Waals surface area (Å²) in [4.78, 5) is 25.1. The highest BCUT2D eigenvalue weighted by molar-refractivity contribution is 5.95. The Morgan fingerprint density at radius 1 is 1.32 bits per heavy atom. The van der Waals surface area contributed by atoms with Crippen LogP contribution in [0.5, 0.6) is 0 Å². The fraction of sp³-hybridized carbons (Fsp3) is 0.429. The molecule has 1 heterocycles. The molecule has 2 unspecified atom stereocenters. The van der Waals surface area contributed by atoms with Crippen LogP contribution in [0.1, 0.15) is 22.8 Å². The minimum atomic E-state index is -0.922. The van der Waals surface area contributed by atoms with Gasteiger partial charge in [-0.05, 0) is 26.0 Å². The van der Waals surface area contributed by atoms with Crippen molar-refractivity contribution in [1.82, 2.24) is 10.2 Å². The van der Waals surface area contributed by atoms with Gasteiger partial charge in [0.15, 0.2) is 0 Å². The summed E-state index contributed by atoms with van der Waals surface area (Å²) in [6.07, 6.45) is 0. The molecule has 0 aromatic heterocycles. The molecule has 1 aliphatic rings. The first-order valence-electron chi connectivity index (χ1n) is 6.34. The Morgan fingerprint density at radius 3 is 2.53 bits per heavy atom. The zero-order valence-corrected chi connectivity index (χ0v) is 11.1. The van der Waals surface area contributed by atoms with Crippen molar-refractivity contribution in [3.8, 4) is 0 Å². The van der Waals surface area contributed by atoms with E-state index in [0.29, 0.717) is 18.7 Å². The Hall–Kier alpha value is -1.88. The third-order valence-electron chi connectivity index (χ3n) is 3.52. The van der Waals surface area contributed by atoms with Gasteiger partial charge in [-0.3, -0.25) is 9.59 Å². The average molecular weight is 262 g/mol. The van der Waals surface area contributed by atoms with E-state index in [0.717, 1.165) is 5.56 Å². The van der Waals surface area contributed by atoms with Crippen LogP contribution in [-0.2, 0) is 4.79 Å². The Morgan fingerprint density at radius 2 is 1.95 bits per heavy atom. The molecule has 0 bridgehead atoms. The van der Waals surface area contributed by atoms with Gasteiger partial charge in [-0.15, -0.1) is 0 Å². The Kier molecular flexibility index (Phi) is 3.85. The lowest BCUT2D eigenvalue weighted by Crippen LogP contribution is -2.61. The first kappa shape index (κ1) is 13.5.